The molecular weight excluding hydrogens is 276 g/mol. The second-order valence-corrected chi connectivity index (χ2v) is 5.66. The first-order chi connectivity index (χ1) is 10.7. The maximum Gasteiger partial charge on any atom is 0.419 e. The molecular formula is C18H20N2O2. The summed E-state index contributed by atoms with van der Waals surface area (Å²) in [6, 6.07) is 17.6. The molecule has 0 saturated carbocycles. The van der Waals surface area contributed by atoms with Crippen molar-refractivity contribution in [2.45, 2.75) is 12.5 Å². The fraction of sp³-hybridized carbons (Fsp3) is 0.278. The first-order valence-corrected chi connectivity index (χ1v) is 7.46. The van der Waals surface area contributed by atoms with E-state index < -0.39 is 0 Å². The van der Waals surface area contributed by atoms with Crippen molar-refractivity contribution in [1.82, 2.24) is 4.90 Å². The number of hydrogen-bond acceptors (Lipinski definition) is 3. The lowest BCUT2D eigenvalue weighted by molar-refractivity contribution is 0.203. The molecule has 22 heavy (non-hydrogen) atoms. The van der Waals surface area contributed by atoms with E-state index in [0.29, 0.717) is 18.3 Å². The standard InChI is InChI=1S/C18H20N2O2/c1-19(2)16-12-13-20(17-11-7-6-10-15(16)17)18(21)22-14-8-4-3-5-9-14/h3-11,16H,12-13H2,1-2H3. The molecule has 1 aliphatic rings. The Labute approximate surface area is 130 Å². The molecule has 1 amide bonds. The van der Waals surface area contributed by atoms with Crippen molar-refractivity contribution < 1.29 is 9.53 Å². The molecule has 1 aliphatic heterocycles. The van der Waals surface area contributed by atoms with Gasteiger partial charge < -0.3 is 9.64 Å². The summed E-state index contributed by atoms with van der Waals surface area (Å²) in [6.07, 6.45) is 0.573. The average Bonchev–Trinajstić information content (AvgIpc) is 2.54. The van der Waals surface area contributed by atoms with E-state index in [0.717, 1.165) is 12.1 Å². The van der Waals surface area contributed by atoms with Gasteiger partial charge in [0, 0.05) is 12.6 Å². The molecule has 1 unspecified atom stereocenters. The third-order valence-corrected chi connectivity index (χ3v) is 4.00. The predicted molar refractivity (Wildman–Crippen MR) is 87.3 cm³/mol. The van der Waals surface area contributed by atoms with Crippen LogP contribution in [0.15, 0.2) is 54.6 Å². The summed E-state index contributed by atoms with van der Waals surface area (Å²) in [5, 5.41) is 0. The van der Waals surface area contributed by atoms with Gasteiger partial charge >= 0.3 is 6.09 Å². The summed E-state index contributed by atoms with van der Waals surface area (Å²) in [4.78, 5) is 16.4. The SMILES string of the molecule is CN(C)C1CCN(C(=O)Oc2ccccc2)c2ccccc21. The molecule has 2 aromatic carbocycles. The molecule has 3 rings (SSSR count). The molecule has 0 fully saturated rings. The molecule has 4 heteroatoms. The van der Waals surface area contributed by atoms with Crippen LogP contribution in [0.4, 0.5) is 10.5 Å². The van der Waals surface area contributed by atoms with Gasteiger partial charge in [0.2, 0.25) is 0 Å². The number of carbonyl (C=O) groups is 1. The van der Waals surface area contributed by atoms with Gasteiger partial charge in [0.25, 0.3) is 0 Å². The lowest BCUT2D eigenvalue weighted by atomic mass is 9.96. The number of carbonyl (C=O) groups excluding carboxylic acids is 1. The zero-order valence-electron chi connectivity index (χ0n) is 12.9. The van der Waals surface area contributed by atoms with Crippen LogP contribution in [0, 0.1) is 0 Å². The Morgan fingerprint density at radius 1 is 1.09 bits per heavy atom. The summed E-state index contributed by atoms with van der Waals surface area (Å²) in [5.74, 6) is 0.569. The summed E-state index contributed by atoms with van der Waals surface area (Å²) in [7, 11) is 4.14. The Bertz CT molecular complexity index is 655. The number of amides is 1. The molecule has 0 N–H and O–H groups in total. The smallest absolute Gasteiger partial charge is 0.410 e. The van der Waals surface area contributed by atoms with Gasteiger partial charge in [-0.1, -0.05) is 36.4 Å². The minimum atomic E-state index is -0.323. The van der Waals surface area contributed by atoms with E-state index in [1.165, 1.54) is 5.56 Å². The summed E-state index contributed by atoms with van der Waals surface area (Å²) < 4.78 is 5.48. The molecule has 1 atom stereocenters. The normalized spacial score (nSPS) is 17.2. The van der Waals surface area contributed by atoms with Crippen LogP contribution < -0.4 is 9.64 Å². The van der Waals surface area contributed by atoms with E-state index in [1.807, 2.05) is 36.4 Å². The van der Waals surface area contributed by atoms with Gasteiger partial charge in [-0.25, -0.2) is 4.79 Å². The number of fused-ring (bicyclic) bond motifs is 1. The van der Waals surface area contributed by atoms with Crippen molar-refractivity contribution in [2.24, 2.45) is 0 Å². The highest BCUT2D eigenvalue weighted by atomic mass is 16.6. The second-order valence-electron chi connectivity index (χ2n) is 5.66. The van der Waals surface area contributed by atoms with Crippen LogP contribution in [0.1, 0.15) is 18.0 Å². The third-order valence-electron chi connectivity index (χ3n) is 4.00. The van der Waals surface area contributed by atoms with Crippen LogP contribution in [0.5, 0.6) is 5.75 Å². The molecule has 0 aromatic heterocycles. The van der Waals surface area contributed by atoms with Crippen molar-refractivity contribution in [3.05, 3.63) is 60.2 Å². The van der Waals surface area contributed by atoms with Gasteiger partial charge in [-0.3, -0.25) is 4.90 Å². The number of rotatable bonds is 2. The predicted octanol–water partition coefficient (Wildman–Crippen LogP) is 3.70. The Morgan fingerprint density at radius 3 is 2.50 bits per heavy atom. The van der Waals surface area contributed by atoms with Gasteiger partial charge in [-0.15, -0.1) is 0 Å². The van der Waals surface area contributed by atoms with Crippen LogP contribution >= 0.6 is 0 Å². The molecule has 1 heterocycles. The van der Waals surface area contributed by atoms with Gasteiger partial charge in [0.1, 0.15) is 5.75 Å². The van der Waals surface area contributed by atoms with E-state index in [2.05, 4.69) is 25.1 Å². The fourth-order valence-corrected chi connectivity index (χ4v) is 2.91. The number of para-hydroxylation sites is 2. The van der Waals surface area contributed by atoms with Crippen molar-refractivity contribution in [3.63, 3.8) is 0 Å². The van der Waals surface area contributed by atoms with E-state index in [9.17, 15) is 4.79 Å². The first kappa shape index (κ1) is 14.6. The lowest BCUT2D eigenvalue weighted by Crippen LogP contribution is -2.40. The topological polar surface area (TPSA) is 32.8 Å². The van der Waals surface area contributed by atoms with Crippen LogP contribution in [0.3, 0.4) is 0 Å². The molecule has 0 saturated heterocycles. The zero-order chi connectivity index (χ0) is 15.5. The maximum atomic E-state index is 12.5. The van der Waals surface area contributed by atoms with Crippen LogP contribution in [-0.4, -0.2) is 31.6 Å². The number of hydrogen-bond donors (Lipinski definition) is 0. The van der Waals surface area contributed by atoms with E-state index in [1.54, 1.807) is 17.0 Å². The number of ether oxygens (including phenoxy) is 1. The minimum absolute atomic E-state index is 0.323. The maximum absolute atomic E-state index is 12.5. The monoisotopic (exact) mass is 296 g/mol. The van der Waals surface area contributed by atoms with Crippen LogP contribution in [-0.2, 0) is 0 Å². The second kappa shape index (κ2) is 6.20. The van der Waals surface area contributed by atoms with Gasteiger partial charge in [0.15, 0.2) is 0 Å². The van der Waals surface area contributed by atoms with Crippen LogP contribution in [0.2, 0.25) is 0 Å². The zero-order valence-corrected chi connectivity index (χ0v) is 12.9. The molecule has 2 aromatic rings. The van der Waals surface area contributed by atoms with Crippen molar-refractivity contribution in [3.8, 4) is 5.75 Å². The highest BCUT2D eigenvalue weighted by Gasteiger charge is 2.30. The molecule has 4 nitrogen and oxygen atoms in total. The Balaban J connectivity index is 1.86. The van der Waals surface area contributed by atoms with E-state index in [4.69, 9.17) is 4.74 Å². The molecule has 0 radical (unpaired) electrons. The number of benzene rings is 2. The Kier molecular flexibility index (Phi) is 4.11. The van der Waals surface area contributed by atoms with Crippen molar-refractivity contribution in [2.75, 3.05) is 25.5 Å². The molecule has 0 aliphatic carbocycles. The quantitative estimate of drug-likeness (QED) is 0.847. The molecule has 0 spiro atoms. The van der Waals surface area contributed by atoms with Gasteiger partial charge in [0.05, 0.1) is 5.69 Å². The Hall–Kier alpha value is -2.33. The summed E-state index contributed by atoms with van der Waals surface area (Å²) >= 11 is 0. The van der Waals surface area contributed by atoms with Gasteiger partial charge in [-0.2, -0.15) is 0 Å². The Morgan fingerprint density at radius 2 is 1.77 bits per heavy atom. The average molecular weight is 296 g/mol. The third kappa shape index (κ3) is 2.83. The fourth-order valence-electron chi connectivity index (χ4n) is 2.91. The molecule has 0 bridgehead atoms. The summed E-state index contributed by atoms with van der Waals surface area (Å²) in [6.45, 7) is 0.658. The van der Waals surface area contributed by atoms with E-state index in [-0.39, 0.29) is 6.09 Å². The van der Waals surface area contributed by atoms with E-state index >= 15 is 0 Å². The largest absolute Gasteiger partial charge is 0.419 e. The minimum Gasteiger partial charge on any atom is -0.410 e. The number of nitrogens with zero attached hydrogens (tertiary/aromatic N) is 2. The number of anilines is 1. The lowest BCUT2D eigenvalue weighted by Gasteiger charge is -2.36. The van der Waals surface area contributed by atoms with Gasteiger partial charge in [-0.05, 0) is 44.3 Å². The molecule has 114 valence electrons. The van der Waals surface area contributed by atoms with Crippen LogP contribution in [0.25, 0.3) is 0 Å². The highest BCUT2D eigenvalue weighted by Crippen LogP contribution is 2.36. The van der Waals surface area contributed by atoms with Crippen molar-refractivity contribution in [1.29, 1.82) is 0 Å². The first-order valence-electron chi connectivity index (χ1n) is 7.46. The summed E-state index contributed by atoms with van der Waals surface area (Å²) in [5.41, 5.74) is 2.11. The van der Waals surface area contributed by atoms with Crippen molar-refractivity contribution >= 4 is 11.8 Å². The highest BCUT2D eigenvalue weighted by molar-refractivity contribution is 5.90.